The molecule has 42 valence electrons. The molecule has 0 bridgehead atoms. The lowest BCUT2D eigenvalue weighted by Gasteiger charge is -1.97. The molecule has 0 amide bonds. The molecule has 0 aliphatic rings. The van der Waals surface area contributed by atoms with Gasteiger partial charge in [0.1, 0.15) is 0 Å². The van der Waals surface area contributed by atoms with E-state index in [1.165, 1.54) is 6.08 Å². The van der Waals surface area contributed by atoms with Crippen LogP contribution in [0.15, 0.2) is 12.3 Å². The van der Waals surface area contributed by atoms with Crippen LogP contribution in [-0.4, -0.2) is 11.7 Å². The lowest BCUT2D eigenvalue weighted by molar-refractivity contribution is -0.648. The van der Waals surface area contributed by atoms with E-state index in [0.717, 1.165) is 6.26 Å². The van der Waals surface area contributed by atoms with Gasteiger partial charge in [0.2, 0.25) is 0 Å². The minimum Gasteiger partial charge on any atom is -0.615 e. The topological polar surface area (TPSA) is 71.9 Å². The molecule has 0 radical (unpaired) electrons. The first kappa shape index (κ1) is 6.42. The number of rotatable bonds is 3. The molecule has 0 unspecified atom stereocenters. The van der Waals surface area contributed by atoms with Crippen molar-refractivity contribution in [3.8, 4) is 0 Å². The van der Waals surface area contributed by atoms with Gasteiger partial charge in [0.25, 0.3) is 0 Å². The standard InChI is InChI=1S/C3H8N2O2/c6-3-1-2-4-5-7/h1,3-4,6H,2,5H2. The summed E-state index contributed by atoms with van der Waals surface area (Å²) < 4.78 is 0. The van der Waals surface area contributed by atoms with E-state index < -0.39 is 0 Å². The molecule has 0 spiro atoms. The second-order valence-electron chi connectivity index (χ2n) is 0.911. The Morgan fingerprint density at radius 2 is 2.57 bits per heavy atom. The maximum absolute atomic E-state index is 9.45. The minimum absolute atomic E-state index is 0.389. The second-order valence-corrected chi connectivity index (χ2v) is 0.911. The predicted molar refractivity (Wildman–Crippen MR) is 25.1 cm³/mol. The molecule has 0 aliphatic heterocycles. The van der Waals surface area contributed by atoms with E-state index in [2.05, 4.69) is 5.43 Å². The van der Waals surface area contributed by atoms with Crippen molar-refractivity contribution in [2.24, 2.45) is 0 Å². The van der Waals surface area contributed by atoms with Crippen molar-refractivity contribution in [2.45, 2.75) is 0 Å². The molecule has 0 heterocycles. The molecule has 0 aromatic heterocycles. The zero-order valence-corrected chi connectivity index (χ0v) is 3.79. The Kier molecular flexibility index (Phi) is 4.97. The van der Waals surface area contributed by atoms with Crippen molar-refractivity contribution in [3.63, 3.8) is 0 Å². The molecule has 0 fully saturated rings. The highest BCUT2D eigenvalue weighted by Gasteiger charge is 1.68. The number of quaternary nitrogens is 1. The zero-order valence-electron chi connectivity index (χ0n) is 3.79. The summed E-state index contributed by atoms with van der Waals surface area (Å²) in [5, 5.41) is 17.4. The maximum Gasteiger partial charge on any atom is 0.0766 e. The van der Waals surface area contributed by atoms with Crippen LogP contribution in [0, 0.1) is 5.21 Å². The predicted octanol–water partition coefficient (Wildman–Crippen LogP) is -1.38. The summed E-state index contributed by atoms with van der Waals surface area (Å²) in [7, 11) is 0. The van der Waals surface area contributed by atoms with Crippen molar-refractivity contribution in [2.75, 3.05) is 6.54 Å². The number of nitrogens with one attached hydrogen (secondary N) is 1. The number of hydrogen-bond donors (Lipinski definition) is 3. The molecule has 0 aromatic rings. The molecule has 0 aliphatic carbocycles. The van der Waals surface area contributed by atoms with Crippen LogP contribution in [-0.2, 0) is 0 Å². The number of aliphatic hydroxyl groups excluding tert-OH is 1. The van der Waals surface area contributed by atoms with E-state index in [1.807, 2.05) is 0 Å². The van der Waals surface area contributed by atoms with Gasteiger partial charge in [0.15, 0.2) is 0 Å². The van der Waals surface area contributed by atoms with Gasteiger partial charge in [-0.25, -0.2) is 0 Å². The number of nitrogens with two attached hydrogens (primary N) is 1. The molecule has 4 heteroatoms. The lowest BCUT2D eigenvalue weighted by atomic mass is 10.6. The number of aliphatic hydroxyl groups is 1. The van der Waals surface area contributed by atoms with Crippen molar-refractivity contribution in [1.29, 1.82) is 0 Å². The fraction of sp³-hybridized carbons (Fsp3) is 0.333. The first-order valence-electron chi connectivity index (χ1n) is 1.88. The minimum atomic E-state index is 0.389. The molecular formula is C3H8N2O2. The Hall–Kier alpha value is -0.580. The third kappa shape index (κ3) is 5.42. The lowest BCUT2D eigenvalue weighted by Crippen LogP contribution is -2.87. The van der Waals surface area contributed by atoms with E-state index >= 15 is 0 Å². The van der Waals surface area contributed by atoms with Crippen LogP contribution < -0.4 is 11.0 Å². The molecule has 0 saturated carbocycles. The summed E-state index contributed by atoms with van der Waals surface area (Å²) in [6.45, 7) is 0.389. The van der Waals surface area contributed by atoms with Crippen LogP contribution >= 0.6 is 0 Å². The van der Waals surface area contributed by atoms with E-state index in [0.29, 0.717) is 12.1 Å². The molecule has 0 atom stereocenters. The third-order valence-corrected chi connectivity index (χ3v) is 0.424. The Balaban J connectivity index is 2.69. The van der Waals surface area contributed by atoms with Gasteiger partial charge in [0.05, 0.1) is 12.8 Å². The monoisotopic (exact) mass is 104 g/mol. The van der Waals surface area contributed by atoms with Crippen LogP contribution in [0.1, 0.15) is 0 Å². The quantitative estimate of drug-likeness (QED) is 0.179. The summed E-state index contributed by atoms with van der Waals surface area (Å²) >= 11 is 0. The first-order valence-corrected chi connectivity index (χ1v) is 1.88. The first-order chi connectivity index (χ1) is 3.41. The van der Waals surface area contributed by atoms with Gasteiger partial charge in [-0.05, 0) is 6.08 Å². The van der Waals surface area contributed by atoms with Crippen molar-refractivity contribution in [1.82, 2.24) is 5.43 Å². The van der Waals surface area contributed by atoms with Gasteiger partial charge in [0, 0.05) is 0 Å². The highest BCUT2D eigenvalue weighted by molar-refractivity contribution is 4.71. The van der Waals surface area contributed by atoms with Crippen molar-refractivity contribution < 1.29 is 10.7 Å². The average molecular weight is 104 g/mol. The van der Waals surface area contributed by atoms with E-state index in [4.69, 9.17) is 5.11 Å². The van der Waals surface area contributed by atoms with E-state index in [-0.39, 0.29) is 0 Å². The second kappa shape index (κ2) is 5.42. The van der Waals surface area contributed by atoms with Gasteiger partial charge >= 0.3 is 0 Å². The Labute approximate surface area is 41.4 Å². The molecule has 4 N–H and O–H groups in total. The van der Waals surface area contributed by atoms with Gasteiger partial charge in [-0.15, -0.1) is 0 Å². The van der Waals surface area contributed by atoms with Gasteiger partial charge in [-0.1, -0.05) is 0 Å². The summed E-state index contributed by atoms with van der Waals surface area (Å²) in [6, 6.07) is 0. The van der Waals surface area contributed by atoms with Crippen molar-refractivity contribution in [3.05, 3.63) is 17.5 Å². The van der Waals surface area contributed by atoms with Crippen LogP contribution in [0.3, 0.4) is 0 Å². The highest BCUT2D eigenvalue weighted by atomic mass is 16.5. The normalized spacial score (nSPS) is 10.4. The van der Waals surface area contributed by atoms with Gasteiger partial charge in [-0.3, -0.25) is 0 Å². The largest absolute Gasteiger partial charge is 0.615 e. The van der Waals surface area contributed by atoms with Crippen LogP contribution in [0.4, 0.5) is 0 Å². The third-order valence-electron chi connectivity index (χ3n) is 0.424. The van der Waals surface area contributed by atoms with Crippen LogP contribution in [0.25, 0.3) is 0 Å². The molecule has 0 rings (SSSR count). The Morgan fingerprint density at radius 3 is 3.00 bits per heavy atom. The van der Waals surface area contributed by atoms with Gasteiger partial charge in [-0.2, -0.15) is 5.43 Å². The average Bonchev–Trinajstić information content (AvgIpc) is 1.69. The van der Waals surface area contributed by atoms with Crippen LogP contribution in [0.2, 0.25) is 0 Å². The fourth-order valence-corrected chi connectivity index (χ4v) is 0.169. The number of hydrogen-bond acceptors (Lipinski definition) is 3. The van der Waals surface area contributed by atoms with Gasteiger partial charge < -0.3 is 15.9 Å². The smallest absolute Gasteiger partial charge is 0.0766 e. The summed E-state index contributed by atoms with van der Waals surface area (Å²) in [6.07, 6.45) is 2.31. The SMILES string of the molecule is [O-][NH2+]NCC=CO. The maximum atomic E-state index is 9.45. The molecule has 0 aromatic carbocycles. The molecule has 7 heavy (non-hydrogen) atoms. The summed E-state index contributed by atoms with van der Waals surface area (Å²) in [5.74, 6) is 0. The summed E-state index contributed by atoms with van der Waals surface area (Å²) in [5.41, 5.74) is 2.89. The van der Waals surface area contributed by atoms with Crippen LogP contribution in [0.5, 0.6) is 0 Å². The highest BCUT2D eigenvalue weighted by Crippen LogP contribution is 1.55. The van der Waals surface area contributed by atoms with Crippen molar-refractivity contribution >= 4 is 0 Å². The van der Waals surface area contributed by atoms with E-state index in [1.54, 1.807) is 0 Å². The molecule has 0 saturated heterocycles. The Bertz CT molecular complexity index is 54.9. The van der Waals surface area contributed by atoms with E-state index in [9.17, 15) is 5.21 Å². The summed E-state index contributed by atoms with van der Waals surface area (Å²) in [4.78, 5) is 0. The molecule has 4 nitrogen and oxygen atoms in total. The fourth-order valence-electron chi connectivity index (χ4n) is 0.169. The molecular weight excluding hydrogens is 96.0 g/mol. The Morgan fingerprint density at radius 1 is 1.86 bits per heavy atom. The zero-order chi connectivity index (χ0) is 5.54.